The highest BCUT2D eigenvalue weighted by Crippen LogP contribution is 2.43. The molecule has 2 atom stereocenters. The predicted molar refractivity (Wildman–Crippen MR) is 142 cm³/mol. The molecule has 196 valence electrons. The summed E-state index contributed by atoms with van der Waals surface area (Å²) in [5.41, 5.74) is 4.70. The van der Waals surface area contributed by atoms with Gasteiger partial charge in [0.1, 0.15) is 29.7 Å². The normalized spacial score (nSPS) is 17.5. The molecule has 4 heterocycles. The van der Waals surface area contributed by atoms with Crippen LogP contribution in [0.15, 0.2) is 71.1 Å². The molecule has 3 aromatic carbocycles. The highest BCUT2D eigenvalue weighted by Gasteiger charge is 2.31. The molecule has 0 radical (unpaired) electrons. The highest BCUT2D eigenvalue weighted by molar-refractivity contribution is 5.83. The summed E-state index contributed by atoms with van der Waals surface area (Å²) in [6.45, 7) is 2.62. The molecular formula is C30H24FN3O5. The molecule has 2 aromatic heterocycles. The molecule has 0 saturated carbocycles. The van der Waals surface area contributed by atoms with E-state index in [4.69, 9.17) is 18.9 Å². The van der Waals surface area contributed by atoms with Crippen LogP contribution in [0.1, 0.15) is 35.3 Å². The number of ether oxygens (including phenoxy) is 2. The van der Waals surface area contributed by atoms with Gasteiger partial charge in [0.2, 0.25) is 0 Å². The lowest BCUT2D eigenvalue weighted by Gasteiger charge is -2.15. The Bertz CT molecular complexity index is 1760. The summed E-state index contributed by atoms with van der Waals surface area (Å²) in [7, 11) is 0. The quantitative estimate of drug-likeness (QED) is 0.271. The smallest absolute Gasteiger partial charge is 0.304 e. The number of carboxylic acid groups (broad SMARTS) is 1. The maximum atomic E-state index is 14.4. The third kappa shape index (κ3) is 3.98. The molecule has 2 N–H and O–H groups in total. The number of aromatic nitrogens is 2. The topological polar surface area (TPSA) is 98.8 Å². The van der Waals surface area contributed by atoms with Gasteiger partial charge in [-0.05, 0) is 43.3 Å². The van der Waals surface area contributed by atoms with Crippen LogP contribution in [-0.2, 0) is 4.79 Å². The number of anilines is 1. The molecule has 2 unspecified atom stereocenters. The first-order valence-corrected chi connectivity index (χ1v) is 12.7. The Kier molecular flexibility index (Phi) is 5.33. The first kappa shape index (κ1) is 23.3. The van der Waals surface area contributed by atoms with Crippen LogP contribution in [0.4, 0.5) is 10.1 Å². The zero-order valence-electron chi connectivity index (χ0n) is 21.0. The number of hydrogen-bond donors (Lipinski definition) is 2. The average molecular weight is 526 g/mol. The first-order chi connectivity index (χ1) is 18.9. The summed E-state index contributed by atoms with van der Waals surface area (Å²) in [5.74, 6) is 1.92. The molecule has 7 rings (SSSR count). The van der Waals surface area contributed by atoms with Gasteiger partial charge in [-0.25, -0.2) is 9.37 Å². The van der Waals surface area contributed by atoms with E-state index in [1.54, 1.807) is 6.07 Å². The minimum Gasteiger partial charge on any atom is -0.493 e. The first-order valence-electron chi connectivity index (χ1n) is 12.7. The van der Waals surface area contributed by atoms with Crippen molar-refractivity contribution in [3.05, 3.63) is 89.4 Å². The Balaban J connectivity index is 1.26. The predicted octanol–water partition coefficient (Wildman–Crippen LogP) is 6.23. The molecule has 5 aromatic rings. The fourth-order valence-electron chi connectivity index (χ4n) is 5.49. The summed E-state index contributed by atoms with van der Waals surface area (Å²) in [6.07, 6.45) is 0.0405. The number of fused-ring (bicyclic) bond motifs is 3. The lowest BCUT2D eigenvalue weighted by molar-refractivity contribution is -0.137. The average Bonchev–Trinajstić information content (AvgIpc) is 3.69. The van der Waals surface area contributed by atoms with E-state index >= 15 is 0 Å². The van der Waals surface area contributed by atoms with Crippen molar-refractivity contribution in [3.63, 3.8) is 0 Å². The van der Waals surface area contributed by atoms with E-state index in [-0.39, 0.29) is 24.2 Å². The van der Waals surface area contributed by atoms with E-state index in [1.165, 1.54) is 12.1 Å². The zero-order valence-corrected chi connectivity index (χ0v) is 21.0. The lowest BCUT2D eigenvalue weighted by atomic mass is 9.97. The number of furan rings is 1. The van der Waals surface area contributed by atoms with E-state index in [1.807, 2.05) is 60.0 Å². The van der Waals surface area contributed by atoms with E-state index in [2.05, 4.69) is 5.32 Å². The molecule has 0 amide bonds. The van der Waals surface area contributed by atoms with Crippen molar-refractivity contribution in [3.8, 4) is 28.8 Å². The molecule has 2 aliphatic heterocycles. The Hall–Kier alpha value is -4.79. The third-order valence-corrected chi connectivity index (χ3v) is 7.27. The third-order valence-electron chi connectivity index (χ3n) is 7.27. The van der Waals surface area contributed by atoms with Crippen LogP contribution in [0.2, 0.25) is 0 Å². The van der Waals surface area contributed by atoms with Gasteiger partial charge in [0, 0.05) is 34.9 Å². The van der Waals surface area contributed by atoms with Gasteiger partial charge in [0.15, 0.2) is 11.6 Å². The second-order valence-electron chi connectivity index (χ2n) is 9.88. The summed E-state index contributed by atoms with van der Waals surface area (Å²) >= 11 is 0. The van der Waals surface area contributed by atoms with Crippen molar-refractivity contribution in [2.75, 3.05) is 18.5 Å². The number of rotatable bonds is 6. The van der Waals surface area contributed by atoms with Gasteiger partial charge in [0.25, 0.3) is 0 Å². The van der Waals surface area contributed by atoms with Crippen LogP contribution in [-0.4, -0.2) is 33.8 Å². The van der Waals surface area contributed by atoms with Crippen LogP contribution >= 0.6 is 0 Å². The molecule has 39 heavy (non-hydrogen) atoms. The van der Waals surface area contributed by atoms with Gasteiger partial charge in [-0.1, -0.05) is 18.2 Å². The SMILES string of the molecule is Cc1ccc(-c2nc3ccc(F)cc3n2-c2cccc3c2OCC3Nc2ccc3c(c2)OCC3CC(=O)O)o1. The number of para-hydroxylation sites is 1. The molecule has 0 spiro atoms. The van der Waals surface area contributed by atoms with Crippen LogP contribution in [0, 0.1) is 12.7 Å². The molecule has 0 aliphatic carbocycles. The standard InChI is InChI=1S/C30H24FN3O5/c1-16-5-10-26(39-16)30-33-22-9-6-18(31)12-25(22)34(30)24-4-2-3-21-23(15-38-29(21)24)32-19-7-8-20-17(11-28(35)36)14-37-27(20)13-19/h2-10,12-13,17,23,32H,11,14-15H2,1H3,(H,35,36). The van der Waals surface area contributed by atoms with Gasteiger partial charge in [-0.15, -0.1) is 0 Å². The maximum absolute atomic E-state index is 14.4. The number of carbonyl (C=O) groups is 1. The Morgan fingerprint density at radius 2 is 1.97 bits per heavy atom. The van der Waals surface area contributed by atoms with Crippen molar-refractivity contribution in [1.82, 2.24) is 9.55 Å². The molecular weight excluding hydrogens is 501 g/mol. The number of nitrogens with one attached hydrogen (secondary N) is 1. The summed E-state index contributed by atoms with van der Waals surface area (Å²) in [5, 5.41) is 12.7. The van der Waals surface area contributed by atoms with Gasteiger partial charge in [-0.3, -0.25) is 9.36 Å². The van der Waals surface area contributed by atoms with Crippen LogP contribution < -0.4 is 14.8 Å². The number of imidazole rings is 1. The van der Waals surface area contributed by atoms with E-state index < -0.39 is 5.97 Å². The fraction of sp³-hybridized carbons (Fsp3) is 0.200. The number of hydrogen-bond acceptors (Lipinski definition) is 6. The number of halogens is 1. The van der Waals surface area contributed by atoms with Crippen molar-refractivity contribution < 1.29 is 28.2 Å². The molecule has 9 heteroatoms. The number of aryl methyl sites for hydroxylation is 1. The largest absolute Gasteiger partial charge is 0.493 e. The van der Waals surface area contributed by atoms with Crippen molar-refractivity contribution in [1.29, 1.82) is 0 Å². The Morgan fingerprint density at radius 1 is 1.08 bits per heavy atom. The summed E-state index contributed by atoms with van der Waals surface area (Å²) in [6, 6.07) is 19.8. The van der Waals surface area contributed by atoms with Crippen molar-refractivity contribution in [2.24, 2.45) is 0 Å². The van der Waals surface area contributed by atoms with E-state index in [9.17, 15) is 14.3 Å². The lowest BCUT2D eigenvalue weighted by Crippen LogP contribution is -2.11. The van der Waals surface area contributed by atoms with Crippen LogP contribution in [0.25, 0.3) is 28.3 Å². The van der Waals surface area contributed by atoms with Crippen molar-refractivity contribution >= 4 is 22.7 Å². The number of nitrogens with zero attached hydrogens (tertiary/aromatic N) is 2. The fourth-order valence-corrected chi connectivity index (χ4v) is 5.49. The van der Waals surface area contributed by atoms with Crippen LogP contribution in [0.3, 0.4) is 0 Å². The number of benzene rings is 3. The second kappa shape index (κ2) is 8.90. The Morgan fingerprint density at radius 3 is 2.79 bits per heavy atom. The van der Waals surface area contributed by atoms with Gasteiger partial charge < -0.3 is 24.3 Å². The van der Waals surface area contributed by atoms with Gasteiger partial charge in [-0.2, -0.15) is 0 Å². The van der Waals surface area contributed by atoms with Crippen LogP contribution in [0.5, 0.6) is 11.5 Å². The molecule has 0 fully saturated rings. The minimum atomic E-state index is -0.840. The number of aliphatic carboxylic acids is 1. The molecule has 8 nitrogen and oxygen atoms in total. The van der Waals surface area contributed by atoms with Gasteiger partial charge in [0.05, 0.1) is 35.8 Å². The molecule has 2 aliphatic rings. The van der Waals surface area contributed by atoms with E-state index in [0.29, 0.717) is 47.3 Å². The van der Waals surface area contributed by atoms with E-state index in [0.717, 1.165) is 28.3 Å². The summed E-state index contributed by atoms with van der Waals surface area (Å²) in [4.78, 5) is 15.9. The maximum Gasteiger partial charge on any atom is 0.304 e. The second-order valence-corrected chi connectivity index (χ2v) is 9.88. The van der Waals surface area contributed by atoms with Crippen molar-refractivity contribution in [2.45, 2.75) is 25.3 Å². The monoisotopic (exact) mass is 525 g/mol. The van der Waals surface area contributed by atoms with Gasteiger partial charge >= 0.3 is 5.97 Å². The summed E-state index contributed by atoms with van der Waals surface area (Å²) < 4.78 is 34.2. The zero-order chi connectivity index (χ0) is 26.7. The highest BCUT2D eigenvalue weighted by atomic mass is 19.1. The molecule has 0 bridgehead atoms. The molecule has 0 saturated heterocycles. The minimum absolute atomic E-state index is 0.0405. The Labute approximate surface area is 222 Å². The number of carboxylic acids is 1.